The maximum Gasteiger partial charge on any atom is 0.235 e. The van der Waals surface area contributed by atoms with Crippen LogP contribution in [0.3, 0.4) is 0 Å². The summed E-state index contributed by atoms with van der Waals surface area (Å²) in [6.07, 6.45) is 2.95. The van der Waals surface area contributed by atoms with Crippen LogP contribution in [-0.2, 0) is 16.0 Å². The van der Waals surface area contributed by atoms with Crippen LogP contribution in [0.5, 0.6) is 5.75 Å². The Balaban J connectivity index is 1.84. The van der Waals surface area contributed by atoms with Crippen LogP contribution in [0.2, 0.25) is 0 Å². The van der Waals surface area contributed by atoms with Crippen LogP contribution < -0.4 is 15.4 Å². The van der Waals surface area contributed by atoms with E-state index in [0.717, 1.165) is 24.2 Å². The van der Waals surface area contributed by atoms with Crippen LogP contribution in [-0.4, -0.2) is 32.5 Å². The fraction of sp³-hybridized carbons (Fsp3) is 0.500. The molecule has 1 fully saturated rings. The SMILES string of the molecule is CNC(=O)C1(C(=O)NCCc2ccc(OC)cc2)CCC1. The van der Waals surface area contributed by atoms with E-state index in [1.807, 2.05) is 24.3 Å². The molecule has 114 valence electrons. The van der Waals surface area contributed by atoms with Gasteiger partial charge in [-0.25, -0.2) is 0 Å². The highest BCUT2D eigenvalue weighted by molar-refractivity contribution is 6.05. The van der Waals surface area contributed by atoms with E-state index in [2.05, 4.69) is 10.6 Å². The van der Waals surface area contributed by atoms with Gasteiger partial charge in [0, 0.05) is 13.6 Å². The minimum Gasteiger partial charge on any atom is -0.497 e. The molecule has 0 heterocycles. The largest absolute Gasteiger partial charge is 0.497 e. The van der Waals surface area contributed by atoms with E-state index in [-0.39, 0.29) is 11.8 Å². The van der Waals surface area contributed by atoms with Gasteiger partial charge >= 0.3 is 0 Å². The molecule has 21 heavy (non-hydrogen) atoms. The van der Waals surface area contributed by atoms with Crippen molar-refractivity contribution in [3.63, 3.8) is 0 Å². The number of nitrogens with one attached hydrogen (secondary N) is 2. The van der Waals surface area contributed by atoms with Gasteiger partial charge in [0.2, 0.25) is 11.8 Å². The number of ether oxygens (including phenoxy) is 1. The number of hydrogen-bond donors (Lipinski definition) is 2. The van der Waals surface area contributed by atoms with Crippen molar-refractivity contribution in [1.29, 1.82) is 0 Å². The fourth-order valence-electron chi connectivity index (χ4n) is 2.61. The van der Waals surface area contributed by atoms with Crippen molar-refractivity contribution in [3.05, 3.63) is 29.8 Å². The summed E-state index contributed by atoms with van der Waals surface area (Å²) in [7, 11) is 3.21. The van der Waals surface area contributed by atoms with Gasteiger partial charge in [-0.1, -0.05) is 18.6 Å². The minimum atomic E-state index is -0.839. The van der Waals surface area contributed by atoms with E-state index >= 15 is 0 Å². The number of benzene rings is 1. The van der Waals surface area contributed by atoms with Crippen LogP contribution in [0.25, 0.3) is 0 Å². The zero-order valence-electron chi connectivity index (χ0n) is 12.6. The predicted octanol–water partition coefficient (Wildman–Crippen LogP) is 1.27. The molecule has 0 atom stereocenters. The average molecular weight is 290 g/mol. The molecular formula is C16H22N2O3. The maximum atomic E-state index is 12.2. The third kappa shape index (κ3) is 3.17. The summed E-state index contributed by atoms with van der Waals surface area (Å²) in [5.41, 5.74) is 0.285. The summed E-state index contributed by atoms with van der Waals surface area (Å²) in [5.74, 6) is 0.494. The first-order valence-electron chi connectivity index (χ1n) is 7.26. The van der Waals surface area contributed by atoms with Crippen LogP contribution >= 0.6 is 0 Å². The summed E-state index contributed by atoms with van der Waals surface area (Å²) in [4.78, 5) is 24.1. The number of amides is 2. The number of methoxy groups -OCH3 is 1. The number of carbonyl (C=O) groups excluding carboxylic acids is 2. The van der Waals surface area contributed by atoms with Gasteiger partial charge in [0.05, 0.1) is 7.11 Å². The second kappa shape index (κ2) is 6.61. The molecule has 0 aliphatic heterocycles. The van der Waals surface area contributed by atoms with Gasteiger partial charge < -0.3 is 15.4 Å². The van der Waals surface area contributed by atoms with E-state index in [1.165, 1.54) is 0 Å². The van der Waals surface area contributed by atoms with Gasteiger partial charge in [-0.15, -0.1) is 0 Å². The Labute approximate surface area is 125 Å². The fourth-order valence-corrected chi connectivity index (χ4v) is 2.61. The normalized spacial score (nSPS) is 15.7. The number of hydrogen-bond acceptors (Lipinski definition) is 3. The molecule has 0 unspecified atom stereocenters. The van der Waals surface area contributed by atoms with Gasteiger partial charge in [-0.2, -0.15) is 0 Å². The highest BCUT2D eigenvalue weighted by atomic mass is 16.5. The van der Waals surface area contributed by atoms with Crippen molar-refractivity contribution in [2.45, 2.75) is 25.7 Å². The van der Waals surface area contributed by atoms with Crippen LogP contribution in [0, 0.1) is 5.41 Å². The Morgan fingerprint density at radius 3 is 2.33 bits per heavy atom. The first-order valence-corrected chi connectivity index (χ1v) is 7.26. The van der Waals surface area contributed by atoms with Crippen molar-refractivity contribution in [1.82, 2.24) is 10.6 Å². The first-order chi connectivity index (χ1) is 10.1. The molecule has 0 spiro atoms. The average Bonchev–Trinajstić information content (AvgIpc) is 2.46. The highest BCUT2D eigenvalue weighted by Crippen LogP contribution is 2.41. The van der Waals surface area contributed by atoms with Crippen molar-refractivity contribution in [3.8, 4) is 5.75 Å². The molecule has 0 bridgehead atoms. The smallest absolute Gasteiger partial charge is 0.235 e. The van der Waals surface area contributed by atoms with E-state index in [0.29, 0.717) is 19.4 Å². The van der Waals surface area contributed by atoms with E-state index < -0.39 is 5.41 Å². The molecule has 0 saturated heterocycles. The van der Waals surface area contributed by atoms with E-state index in [9.17, 15) is 9.59 Å². The molecular weight excluding hydrogens is 268 g/mol. The zero-order valence-corrected chi connectivity index (χ0v) is 12.6. The molecule has 2 amide bonds. The number of rotatable bonds is 6. The van der Waals surface area contributed by atoms with Crippen molar-refractivity contribution in [2.75, 3.05) is 20.7 Å². The molecule has 1 aliphatic rings. The van der Waals surface area contributed by atoms with Crippen LogP contribution in [0.4, 0.5) is 0 Å². The first kappa shape index (κ1) is 15.4. The lowest BCUT2D eigenvalue weighted by molar-refractivity contribution is -0.149. The molecule has 1 aromatic rings. The molecule has 1 saturated carbocycles. The molecule has 5 nitrogen and oxygen atoms in total. The van der Waals surface area contributed by atoms with Crippen molar-refractivity contribution >= 4 is 11.8 Å². The second-order valence-electron chi connectivity index (χ2n) is 5.37. The van der Waals surface area contributed by atoms with Gasteiger partial charge in [0.15, 0.2) is 0 Å². The van der Waals surface area contributed by atoms with E-state index in [1.54, 1.807) is 14.2 Å². The van der Waals surface area contributed by atoms with Crippen molar-refractivity contribution in [2.24, 2.45) is 5.41 Å². The Bertz CT molecular complexity index is 507. The van der Waals surface area contributed by atoms with Gasteiger partial charge in [-0.3, -0.25) is 9.59 Å². The quantitative estimate of drug-likeness (QED) is 0.775. The summed E-state index contributed by atoms with van der Waals surface area (Å²) >= 11 is 0. The van der Waals surface area contributed by atoms with Gasteiger partial charge in [0.1, 0.15) is 11.2 Å². The Hall–Kier alpha value is -2.04. The van der Waals surface area contributed by atoms with Crippen molar-refractivity contribution < 1.29 is 14.3 Å². The van der Waals surface area contributed by atoms with Crippen LogP contribution in [0.15, 0.2) is 24.3 Å². The molecule has 5 heteroatoms. The molecule has 2 N–H and O–H groups in total. The summed E-state index contributed by atoms with van der Waals surface area (Å²) in [5, 5.41) is 5.48. The molecule has 0 aromatic heterocycles. The van der Waals surface area contributed by atoms with Gasteiger partial charge in [0.25, 0.3) is 0 Å². The second-order valence-corrected chi connectivity index (χ2v) is 5.37. The summed E-state index contributed by atoms with van der Waals surface area (Å²) < 4.78 is 5.10. The standard InChI is InChI=1S/C16H22N2O3/c1-17-14(19)16(9-3-10-16)15(20)18-11-8-12-4-6-13(21-2)7-5-12/h4-7H,3,8-11H2,1-2H3,(H,17,19)(H,18,20). The Kier molecular flexibility index (Phi) is 4.83. The lowest BCUT2D eigenvalue weighted by Gasteiger charge is -2.38. The van der Waals surface area contributed by atoms with Gasteiger partial charge in [-0.05, 0) is 37.0 Å². The third-order valence-electron chi connectivity index (χ3n) is 4.16. The lowest BCUT2D eigenvalue weighted by Crippen LogP contribution is -2.54. The summed E-state index contributed by atoms with van der Waals surface area (Å²) in [6.45, 7) is 0.532. The zero-order chi connectivity index (χ0) is 15.3. The molecule has 2 rings (SSSR count). The Morgan fingerprint density at radius 2 is 1.86 bits per heavy atom. The highest BCUT2D eigenvalue weighted by Gasteiger charge is 2.50. The predicted molar refractivity (Wildman–Crippen MR) is 80.1 cm³/mol. The lowest BCUT2D eigenvalue weighted by atomic mass is 9.67. The molecule has 1 aliphatic carbocycles. The van der Waals surface area contributed by atoms with E-state index in [4.69, 9.17) is 4.74 Å². The monoisotopic (exact) mass is 290 g/mol. The molecule has 1 aromatic carbocycles. The third-order valence-corrected chi connectivity index (χ3v) is 4.16. The molecule has 0 radical (unpaired) electrons. The van der Waals surface area contributed by atoms with Crippen LogP contribution in [0.1, 0.15) is 24.8 Å². The number of carbonyl (C=O) groups is 2. The topological polar surface area (TPSA) is 67.4 Å². The maximum absolute atomic E-state index is 12.2. The minimum absolute atomic E-state index is 0.151. The summed E-state index contributed by atoms with van der Waals surface area (Å²) in [6, 6.07) is 7.75. The Morgan fingerprint density at radius 1 is 1.19 bits per heavy atom.